The maximum Gasteiger partial charge on any atom is 0.233 e. The molecule has 98 valence electrons. The summed E-state index contributed by atoms with van der Waals surface area (Å²) in [4.78, 5) is 12.6. The van der Waals surface area contributed by atoms with Gasteiger partial charge in [0.15, 0.2) is 0 Å². The van der Waals surface area contributed by atoms with E-state index in [1.807, 2.05) is 13.8 Å². The molecule has 1 aliphatic rings. The minimum Gasteiger partial charge on any atom is -0.391 e. The van der Waals surface area contributed by atoms with E-state index in [1.54, 1.807) is 11.8 Å². The standard InChI is InChI=1S/C12H22N2OS2/c1-3-12(4-2,11(13)16)14-10(15)9-7-5-6-8-17-9/h9H,3-8H2,1-2H3,(H2,13,16)(H,14,15). The molecule has 3 nitrogen and oxygen atoms in total. The van der Waals surface area contributed by atoms with E-state index in [9.17, 15) is 4.79 Å². The lowest BCUT2D eigenvalue weighted by atomic mass is 9.92. The van der Waals surface area contributed by atoms with Crippen LogP contribution in [0.25, 0.3) is 0 Å². The van der Waals surface area contributed by atoms with Crippen LogP contribution in [0.2, 0.25) is 0 Å². The SMILES string of the molecule is CCC(CC)(NC(=O)C1CCCCS1)C(N)=S. The summed E-state index contributed by atoms with van der Waals surface area (Å²) in [5.74, 6) is 1.18. The first kappa shape index (κ1) is 14.8. The highest BCUT2D eigenvalue weighted by atomic mass is 32.2. The fourth-order valence-corrected chi connectivity index (χ4v) is 3.64. The van der Waals surface area contributed by atoms with Gasteiger partial charge in [0.05, 0.1) is 15.8 Å². The average molecular weight is 274 g/mol. The minimum atomic E-state index is -0.496. The van der Waals surface area contributed by atoms with Crippen LogP contribution in [0.3, 0.4) is 0 Å². The Morgan fingerprint density at radius 2 is 2.12 bits per heavy atom. The second-order valence-corrected chi connectivity index (χ2v) is 6.25. The van der Waals surface area contributed by atoms with Gasteiger partial charge in [0.25, 0.3) is 0 Å². The normalized spacial score (nSPS) is 20.9. The number of nitrogens with two attached hydrogens (primary N) is 1. The van der Waals surface area contributed by atoms with Crippen LogP contribution in [-0.2, 0) is 4.79 Å². The molecule has 17 heavy (non-hydrogen) atoms. The molecular formula is C12H22N2OS2. The fraction of sp³-hybridized carbons (Fsp3) is 0.833. The summed E-state index contributed by atoms with van der Waals surface area (Å²) in [6.45, 7) is 4.02. The Hall–Kier alpha value is -0.290. The van der Waals surface area contributed by atoms with Crippen molar-refractivity contribution in [3.05, 3.63) is 0 Å². The molecule has 0 aliphatic carbocycles. The second-order valence-electron chi connectivity index (χ2n) is 4.50. The van der Waals surface area contributed by atoms with Crippen molar-refractivity contribution in [1.29, 1.82) is 0 Å². The molecule has 1 rings (SSSR count). The summed E-state index contributed by atoms with van der Waals surface area (Å²) in [6, 6.07) is 0. The molecule has 3 N–H and O–H groups in total. The molecule has 0 aromatic rings. The van der Waals surface area contributed by atoms with Gasteiger partial charge >= 0.3 is 0 Å². The van der Waals surface area contributed by atoms with E-state index in [2.05, 4.69) is 5.32 Å². The van der Waals surface area contributed by atoms with Crippen molar-refractivity contribution in [3.8, 4) is 0 Å². The molecule has 5 heteroatoms. The zero-order valence-corrected chi connectivity index (χ0v) is 12.3. The van der Waals surface area contributed by atoms with Gasteiger partial charge in [0, 0.05) is 0 Å². The third-order valence-electron chi connectivity index (χ3n) is 3.51. The molecule has 1 saturated heterocycles. The highest BCUT2D eigenvalue weighted by Crippen LogP contribution is 2.26. The third kappa shape index (κ3) is 3.58. The van der Waals surface area contributed by atoms with E-state index < -0.39 is 5.54 Å². The number of rotatable bonds is 5. The number of nitrogens with one attached hydrogen (secondary N) is 1. The summed E-state index contributed by atoms with van der Waals surface area (Å²) >= 11 is 6.85. The van der Waals surface area contributed by atoms with Gasteiger partial charge in [-0.25, -0.2) is 0 Å². The summed E-state index contributed by atoms with van der Waals surface area (Å²) in [5.41, 5.74) is 5.28. The van der Waals surface area contributed by atoms with Crippen molar-refractivity contribution in [2.45, 2.75) is 56.7 Å². The van der Waals surface area contributed by atoms with Crippen LogP contribution in [0.4, 0.5) is 0 Å². The van der Waals surface area contributed by atoms with Crippen molar-refractivity contribution >= 4 is 34.9 Å². The second kappa shape index (κ2) is 6.59. The molecule has 0 saturated carbocycles. The van der Waals surface area contributed by atoms with Gasteiger partial charge in [-0.15, -0.1) is 11.8 Å². The summed E-state index contributed by atoms with van der Waals surface area (Å²) < 4.78 is 0. The number of thioether (sulfide) groups is 1. The van der Waals surface area contributed by atoms with Gasteiger partial charge in [-0.3, -0.25) is 4.79 Å². The summed E-state index contributed by atoms with van der Waals surface area (Å²) in [6.07, 6.45) is 4.83. The molecule has 1 aliphatic heterocycles. The number of hydrogen-bond donors (Lipinski definition) is 2. The average Bonchev–Trinajstić information content (AvgIpc) is 2.36. The topological polar surface area (TPSA) is 55.1 Å². The van der Waals surface area contributed by atoms with Crippen molar-refractivity contribution in [1.82, 2.24) is 5.32 Å². The van der Waals surface area contributed by atoms with Crippen molar-refractivity contribution < 1.29 is 4.79 Å². The summed E-state index contributed by atoms with van der Waals surface area (Å²) in [7, 11) is 0. The molecule has 0 aromatic carbocycles. The van der Waals surface area contributed by atoms with E-state index >= 15 is 0 Å². The largest absolute Gasteiger partial charge is 0.391 e. The van der Waals surface area contributed by atoms with Gasteiger partial charge in [0.2, 0.25) is 5.91 Å². The molecule has 0 aromatic heterocycles. The van der Waals surface area contributed by atoms with Crippen molar-refractivity contribution in [2.24, 2.45) is 5.73 Å². The van der Waals surface area contributed by atoms with E-state index in [0.717, 1.165) is 31.4 Å². The third-order valence-corrected chi connectivity index (χ3v) is 5.28. The molecule has 1 heterocycles. The first-order valence-corrected chi connectivity index (χ1v) is 7.75. The zero-order valence-electron chi connectivity index (χ0n) is 10.6. The van der Waals surface area contributed by atoms with Crippen LogP contribution in [0.5, 0.6) is 0 Å². The number of carbonyl (C=O) groups is 1. The number of amides is 1. The van der Waals surface area contributed by atoms with E-state index in [4.69, 9.17) is 18.0 Å². The van der Waals surface area contributed by atoms with Gasteiger partial charge in [0.1, 0.15) is 0 Å². The van der Waals surface area contributed by atoms with Crippen molar-refractivity contribution in [3.63, 3.8) is 0 Å². The molecule has 1 fully saturated rings. The van der Waals surface area contributed by atoms with Crippen molar-refractivity contribution in [2.75, 3.05) is 5.75 Å². The van der Waals surface area contributed by atoms with Crippen LogP contribution in [0.1, 0.15) is 46.0 Å². The van der Waals surface area contributed by atoms with Gasteiger partial charge in [-0.05, 0) is 31.4 Å². The zero-order chi connectivity index (χ0) is 12.9. The molecule has 0 bridgehead atoms. The Labute approximate surface area is 113 Å². The first-order chi connectivity index (χ1) is 8.05. The summed E-state index contributed by atoms with van der Waals surface area (Å²) in [5, 5.41) is 3.15. The lowest BCUT2D eigenvalue weighted by Gasteiger charge is -2.34. The highest BCUT2D eigenvalue weighted by molar-refractivity contribution is 8.00. The van der Waals surface area contributed by atoms with Crippen LogP contribution in [0.15, 0.2) is 0 Å². The number of hydrogen-bond acceptors (Lipinski definition) is 3. The maximum absolute atomic E-state index is 12.2. The number of carbonyl (C=O) groups excluding carboxylic acids is 1. The fourth-order valence-electron chi connectivity index (χ4n) is 2.10. The van der Waals surface area contributed by atoms with E-state index in [0.29, 0.717) is 4.99 Å². The van der Waals surface area contributed by atoms with Gasteiger partial charge < -0.3 is 11.1 Å². The predicted octanol–water partition coefficient (Wildman–Crippen LogP) is 2.23. The van der Waals surface area contributed by atoms with Gasteiger partial charge in [-0.2, -0.15) is 0 Å². The maximum atomic E-state index is 12.2. The predicted molar refractivity (Wildman–Crippen MR) is 78.3 cm³/mol. The van der Waals surface area contributed by atoms with Crippen LogP contribution < -0.4 is 11.1 Å². The Bertz CT molecular complexity index is 284. The number of thiocarbonyl (C=S) groups is 1. The lowest BCUT2D eigenvalue weighted by Crippen LogP contribution is -2.57. The molecule has 0 radical (unpaired) electrons. The molecule has 1 atom stereocenters. The van der Waals surface area contributed by atoms with Crippen LogP contribution in [-0.4, -0.2) is 27.4 Å². The lowest BCUT2D eigenvalue weighted by molar-refractivity contribution is -0.122. The van der Waals surface area contributed by atoms with Crippen LogP contribution in [0, 0.1) is 0 Å². The highest BCUT2D eigenvalue weighted by Gasteiger charge is 2.34. The molecule has 1 unspecified atom stereocenters. The molecular weight excluding hydrogens is 252 g/mol. The van der Waals surface area contributed by atoms with Gasteiger partial charge in [-0.1, -0.05) is 32.5 Å². The monoisotopic (exact) mass is 274 g/mol. The smallest absolute Gasteiger partial charge is 0.233 e. The Balaban J connectivity index is 2.66. The molecule has 1 amide bonds. The Morgan fingerprint density at radius 1 is 1.47 bits per heavy atom. The van der Waals surface area contributed by atoms with E-state index in [-0.39, 0.29) is 11.2 Å². The molecule has 0 spiro atoms. The van der Waals surface area contributed by atoms with E-state index in [1.165, 1.54) is 6.42 Å². The Morgan fingerprint density at radius 3 is 2.53 bits per heavy atom. The Kier molecular flexibility index (Phi) is 5.73. The first-order valence-electron chi connectivity index (χ1n) is 6.29. The minimum absolute atomic E-state index is 0.0792. The quantitative estimate of drug-likeness (QED) is 0.755. The van der Waals surface area contributed by atoms with Crippen LogP contribution >= 0.6 is 24.0 Å².